The van der Waals surface area contributed by atoms with Gasteiger partial charge in [-0.3, -0.25) is 9.78 Å². The van der Waals surface area contributed by atoms with E-state index >= 15 is 0 Å². The van der Waals surface area contributed by atoms with Crippen LogP contribution in [0.25, 0.3) is 11.4 Å². The van der Waals surface area contributed by atoms with Crippen molar-refractivity contribution in [1.82, 2.24) is 19.7 Å². The highest BCUT2D eigenvalue weighted by atomic mass is 16.5. The van der Waals surface area contributed by atoms with E-state index in [0.717, 1.165) is 16.7 Å². The second-order valence-corrected chi connectivity index (χ2v) is 8.39. The molecule has 1 amide bonds. The van der Waals surface area contributed by atoms with Crippen molar-refractivity contribution in [2.45, 2.75) is 19.9 Å². The van der Waals surface area contributed by atoms with Gasteiger partial charge in [-0.15, -0.1) is 5.10 Å². The van der Waals surface area contributed by atoms with Crippen LogP contribution in [0.4, 0.5) is 11.6 Å². The molecule has 1 aliphatic heterocycles. The number of hydrogen-bond donors (Lipinski definition) is 2. The molecule has 9 heteroatoms. The quantitative estimate of drug-likeness (QED) is 0.414. The van der Waals surface area contributed by atoms with E-state index in [0.29, 0.717) is 40.2 Å². The second-order valence-electron chi connectivity index (χ2n) is 8.39. The molecule has 2 N–H and O–H groups in total. The summed E-state index contributed by atoms with van der Waals surface area (Å²) in [5.41, 5.74) is 4.55. The maximum Gasteiger partial charge on any atom is 0.255 e. The van der Waals surface area contributed by atoms with Gasteiger partial charge in [0.15, 0.2) is 17.3 Å². The molecule has 0 spiro atoms. The van der Waals surface area contributed by atoms with E-state index in [1.807, 2.05) is 56.3 Å². The SMILES string of the molecule is COc1ccc(C2C(C(=O)Nc3cccnc3)=C(C)Nc3nc(-c4ccccc4C)nn32)cc1OC. The molecular formula is C27H26N6O3. The Morgan fingerprint density at radius 1 is 1.03 bits per heavy atom. The van der Waals surface area contributed by atoms with E-state index in [1.165, 1.54) is 0 Å². The first kappa shape index (κ1) is 23.1. The summed E-state index contributed by atoms with van der Waals surface area (Å²) in [5, 5.41) is 11.1. The molecule has 0 saturated heterocycles. The number of allylic oxidation sites excluding steroid dienone is 1. The number of rotatable bonds is 6. The van der Waals surface area contributed by atoms with Crippen LogP contribution >= 0.6 is 0 Å². The summed E-state index contributed by atoms with van der Waals surface area (Å²) in [4.78, 5) is 22.5. The zero-order valence-electron chi connectivity index (χ0n) is 20.4. The van der Waals surface area contributed by atoms with Crippen molar-refractivity contribution >= 4 is 17.5 Å². The number of nitrogens with zero attached hydrogens (tertiary/aromatic N) is 4. The molecule has 1 unspecified atom stereocenters. The Hall–Kier alpha value is -4.66. The molecule has 0 fully saturated rings. The second kappa shape index (κ2) is 9.53. The van der Waals surface area contributed by atoms with Crippen molar-refractivity contribution in [2.75, 3.05) is 24.9 Å². The smallest absolute Gasteiger partial charge is 0.255 e. The molecule has 4 aromatic rings. The van der Waals surface area contributed by atoms with Gasteiger partial charge in [0.2, 0.25) is 5.95 Å². The lowest BCUT2D eigenvalue weighted by atomic mass is 9.94. The Balaban J connectivity index is 1.65. The third-order valence-corrected chi connectivity index (χ3v) is 6.13. The molecule has 1 aliphatic rings. The number of amides is 1. The number of benzene rings is 2. The van der Waals surface area contributed by atoms with Crippen molar-refractivity contribution < 1.29 is 14.3 Å². The van der Waals surface area contributed by atoms with E-state index < -0.39 is 6.04 Å². The number of carbonyl (C=O) groups excluding carboxylic acids is 1. The zero-order chi connectivity index (χ0) is 25.2. The van der Waals surface area contributed by atoms with Gasteiger partial charge in [0.05, 0.1) is 31.7 Å². The summed E-state index contributed by atoms with van der Waals surface area (Å²) in [6.07, 6.45) is 3.26. The summed E-state index contributed by atoms with van der Waals surface area (Å²) in [5.74, 6) is 1.99. The minimum atomic E-state index is -0.567. The highest BCUT2D eigenvalue weighted by Gasteiger charge is 2.35. The molecular weight excluding hydrogens is 456 g/mol. The first-order valence-electron chi connectivity index (χ1n) is 11.4. The number of aromatic nitrogens is 4. The Morgan fingerprint density at radius 2 is 1.83 bits per heavy atom. The number of fused-ring (bicyclic) bond motifs is 1. The van der Waals surface area contributed by atoms with Crippen molar-refractivity contribution in [3.05, 3.63) is 89.4 Å². The predicted octanol–water partition coefficient (Wildman–Crippen LogP) is 4.59. The molecule has 1 atom stereocenters. The Morgan fingerprint density at radius 3 is 2.56 bits per heavy atom. The van der Waals surface area contributed by atoms with E-state index in [1.54, 1.807) is 43.4 Å². The van der Waals surface area contributed by atoms with Crippen LogP contribution < -0.4 is 20.1 Å². The number of pyridine rings is 1. The lowest BCUT2D eigenvalue weighted by Crippen LogP contribution is -2.31. The topological polar surface area (TPSA) is 103 Å². The van der Waals surface area contributed by atoms with Crippen LogP contribution in [0.5, 0.6) is 11.5 Å². The fraction of sp³-hybridized carbons (Fsp3) is 0.185. The largest absolute Gasteiger partial charge is 0.493 e. The molecule has 0 saturated carbocycles. The van der Waals surface area contributed by atoms with Crippen LogP contribution in [0.1, 0.15) is 24.1 Å². The lowest BCUT2D eigenvalue weighted by molar-refractivity contribution is -0.113. The summed E-state index contributed by atoms with van der Waals surface area (Å²) in [6, 6.07) is 16.5. The highest BCUT2D eigenvalue weighted by Crippen LogP contribution is 2.40. The van der Waals surface area contributed by atoms with Gasteiger partial charge in [-0.2, -0.15) is 4.98 Å². The van der Waals surface area contributed by atoms with E-state index in [-0.39, 0.29) is 5.91 Å². The molecule has 9 nitrogen and oxygen atoms in total. The standard InChI is InChI=1S/C27H26N6O3/c1-16-8-5-6-10-20(16)25-31-27-29-17(2)23(26(34)30-19-9-7-13-28-15-19)24(33(27)32-25)18-11-12-21(35-3)22(14-18)36-4/h5-15,24H,1-4H3,(H,30,34)(H,29,31,32). The van der Waals surface area contributed by atoms with E-state index in [2.05, 4.69) is 15.6 Å². The maximum atomic E-state index is 13.6. The van der Waals surface area contributed by atoms with Crippen LogP contribution in [0, 0.1) is 6.92 Å². The van der Waals surface area contributed by atoms with Gasteiger partial charge in [0.1, 0.15) is 6.04 Å². The van der Waals surface area contributed by atoms with E-state index in [4.69, 9.17) is 19.6 Å². The van der Waals surface area contributed by atoms with Crippen LogP contribution in [-0.2, 0) is 4.79 Å². The fourth-order valence-electron chi connectivity index (χ4n) is 4.35. The third-order valence-electron chi connectivity index (χ3n) is 6.13. The van der Waals surface area contributed by atoms with Gasteiger partial charge in [-0.05, 0) is 49.2 Å². The molecule has 3 heterocycles. The molecule has 0 aliphatic carbocycles. The molecule has 182 valence electrons. The van der Waals surface area contributed by atoms with Crippen LogP contribution in [-0.4, -0.2) is 39.9 Å². The van der Waals surface area contributed by atoms with Gasteiger partial charge >= 0.3 is 0 Å². The predicted molar refractivity (Wildman–Crippen MR) is 137 cm³/mol. The molecule has 0 radical (unpaired) electrons. The number of nitrogens with one attached hydrogen (secondary N) is 2. The van der Waals surface area contributed by atoms with Crippen LogP contribution in [0.3, 0.4) is 0 Å². The summed E-state index contributed by atoms with van der Waals surface area (Å²) < 4.78 is 12.7. The number of carbonyl (C=O) groups is 1. The minimum Gasteiger partial charge on any atom is -0.493 e. The Kier molecular flexibility index (Phi) is 6.12. The minimum absolute atomic E-state index is 0.272. The number of anilines is 2. The van der Waals surface area contributed by atoms with Crippen LogP contribution in [0.2, 0.25) is 0 Å². The number of ether oxygens (including phenoxy) is 2. The van der Waals surface area contributed by atoms with Gasteiger partial charge in [-0.25, -0.2) is 4.68 Å². The highest BCUT2D eigenvalue weighted by molar-refractivity contribution is 6.06. The monoisotopic (exact) mass is 482 g/mol. The molecule has 5 rings (SSSR count). The average Bonchev–Trinajstić information content (AvgIpc) is 3.31. The van der Waals surface area contributed by atoms with Crippen LogP contribution in [0.15, 0.2) is 78.3 Å². The average molecular weight is 483 g/mol. The van der Waals surface area contributed by atoms with Gasteiger partial charge < -0.3 is 20.1 Å². The first-order chi connectivity index (χ1) is 17.5. The van der Waals surface area contributed by atoms with Crippen molar-refractivity contribution in [2.24, 2.45) is 0 Å². The van der Waals surface area contributed by atoms with Crippen molar-refractivity contribution in [3.8, 4) is 22.9 Å². The summed E-state index contributed by atoms with van der Waals surface area (Å²) >= 11 is 0. The fourth-order valence-corrected chi connectivity index (χ4v) is 4.35. The maximum absolute atomic E-state index is 13.6. The van der Waals surface area contributed by atoms with Crippen molar-refractivity contribution in [3.63, 3.8) is 0 Å². The van der Waals surface area contributed by atoms with Gasteiger partial charge in [-0.1, -0.05) is 30.3 Å². The Labute approximate surface area is 208 Å². The lowest BCUT2D eigenvalue weighted by Gasteiger charge is -2.29. The zero-order valence-corrected chi connectivity index (χ0v) is 20.4. The summed E-state index contributed by atoms with van der Waals surface area (Å²) in [6.45, 7) is 3.88. The number of hydrogen-bond acceptors (Lipinski definition) is 7. The Bertz CT molecular complexity index is 1460. The van der Waals surface area contributed by atoms with Gasteiger partial charge in [0, 0.05) is 17.5 Å². The molecule has 36 heavy (non-hydrogen) atoms. The first-order valence-corrected chi connectivity index (χ1v) is 11.4. The third kappa shape index (κ3) is 4.15. The molecule has 2 aromatic carbocycles. The van der Waals surface area contributed by atoms with Gasteiger partial charge in [0.25, 0.3) is 5.91 Å². The number of methoxy groups -OCH3 is 2. The van der Waals surface area contributed by atoms with E-state index in [9.17, 15) is 4.79 Å². The molecule has 2 aromatic heterocycles. The normalized spacial score (nSPS) is 14.6. The number of aryl methyl sites for hydroxylation is 1. The summed E-state index contributed by atoms with van der Waals surface area (Å²) in [7, 11) is 3.17. The van der Waals surface area contributed by atoms with Crippen molar-refractivity contribution in [1.29, 1.82) is 0 Å². The molecule has 0 bridgehead atoms.